The molecule has 0 aromatic heterocycles. The molecule has 0 saturated carbocycles. The van der Waals surface area contributed by atoms with Crippen molar-refractivity contribution in [3.63, 3.8) is 0 Å². The Kier molecular flexibility index (Phi) is 4.87. The first-order valence-corrected chi connectivity index (χ1v) is 9.43. The zero-order valence-corrected chi connectivity index (χ0v) is 14.0. The average molecular weight is 371 g/mol. The highest BCUT2D eigenvalue weighted by atomic mass is 32.2. The monoisotopic (exact) mass is 371 g/mol. The molecule has 24 heavy (non-hydrogen) atoms. The smallest absolute Gasteiger partial charge is 0.270 e. The minimum absolute atomic E-state index is 0.0119. The Morgan fingerprint density at radius 3 is 2.08 bits per heavy atom. The van der Waals surface area contributed by atoms with E-state index in [4.69, 9.17) is 0 Å². The molecule has 0 unspecified atom stereocenters. The lowest BCUT2D eigenvalue weighted by Gasteiger charge is -2.09. The number of hydrogen-bond donors (Lipinski definition) is 2. The molecule has 0 fully saturated rings. The second kappa shape index (κ2) is 6.55. The van der Waals surface area contributed by atoms with Gasteiger partial charge in [-0.25, -0.2) is 21.6 Å². The van der Waals surface area contributed by atoms with Gasteiger partial charge in [-0.15, -0.1) is 0 Å². The number of nitrogens with zero attached hydrogens (tertiary/aromatic N) is 1. The summed E-state index contributed by atoms with van der Waals surface area (Å²) in [4.78, 5) is 9.61. The fraction of sp³-hybridized carbons (Fsp3) is 0.0769. The predicted molar refractivity (Wildman–Crippen MR) is 86.6 cm³/mol. The first-order valence-electron chi connectivity index (χ1n) is 6.46. The molecule has 128 valence electrons. The number of benzene rings is 2. The number of hydrogen-bond acceptors (Lipinski definition) is 6. The van der Waals surface area contributed by atoms with Gasteiger partial charge in [0.1, 0.15) is 0 Å². The van der Waals surface area contributed by atoms with Crippen LogP contribution in [0.5, 0.6) is 0 Å². The summed E-state index contributed by atoms with van der Waals surface area (Å²) in [6.07, 6.45) is 0. The number of nitro benzene ring substituents is 1. The van der Waals surface area contributed by atoms with Crippen LogP contribution in [0, 0.1) is 10.1 Å². The van der Waals surface area contributed by atoms with Crippen LogP contribution < -0.4 is 9.44 Å². The van der Waals surface area contributed by atoms with Crippen molar-refractivity contribution < 1.29 is 21.8 Å². The molecular formula is C13H13N3O6S2. The van der Waals surface area contributed by atoms with E-state index in [1.54, 1.807) is 0 Å². The fourth-order valence-corrected chi connectivity index (χ4v) is 3.69. The van der Waals surface area contributed by atoms with Gasteiger partial charge in [0.15, 0.2) is 0 Å². The third kappa shape index (κ3) is 3.88. The molecule has 0 atom stereocenters. The Hall–Kier alpha value is -2.50. The largest absolute Gasteiger partial charge is 0.280 e. The molecule has 0 aliphatic heterocycles. The zero-order chi connectivity index (χ0) is 18.0. The van der Waals surface area contributed by atoms with Gasteiger partial charge in [0.25, 0.3) is 15.7 Å². The van der Waals surface area contributed by atoms with Crippen LogP contribution in [-0.2, 0) is 20.0 Å². The fourth-order valence-electron chi connectivity index (χ4n) is 1.82. The van der Waals surface area contributed by atoms with Crippen LogP contribution in [0.3, 0.4) is 0 Å². The van der Waals surface area contributed by atoms with Crippen LogP contribution in [-0.4, -0.2) is 28.8 Å². The molecule has 0 saturated heterocycles. The minimum atomic E-state index is -4.11. The highest BCUT2D eigenvalue weighted by Crippen LogP contribution is 2.22. The third-order valence-electron chi connectivity index (χ3n) is 3.00. The molecule has 9 nitrogen and oxygen atoms in total. The van der Waals surface area contributed by atoms with E-state index in [1.807, 2.05) is 0 Å². The van der Waals surface area contributed by atoms with Crippen molar-refractivity contribution in [2.45, 2.75) is 9.79 Å². The van der Waals surface area contributed by atoms with Gasteiger partial charge in [-0.05, 0) is 31.3 Å². The Balaban J connectivity index is 2.38. The highest BCUT2D eigenvalue weighted by Gasteiger charge is 2.19. The third-order valence-corrected chi connectivity index (χ3v) is 5.79. The minimum Gasteiger partial charge on any atom is -0.280 e. The van der Waals surface area contributed by atoms with Crippen molar-refractivity contribution in [2.24, 2.45) is 0 Å². The molecule has 0 radical (unpaired) electrons. The summed E-state index contributed by atoms with van der Waals surface area (Å²) >= 11 is 0. The number of nitrogens with one attached hydrogen (secondary N) is 2. The quantitative estimate of drug-likeness (QED) is 0.580. The second-order valence-electron chi connectivity index (χ2n) is 4.60. The lowest BCUT2D eigenvalue weighted by molar-refractivity contribution is -0.385. The van der Waals surface area contributed by atoms with Gasteiger partial charge in [-0.3, -0.25) is 14.8 Å². The van der Waals surface area contributed by atoms with E-state index < -0.39 is 25.0 Å². The lowest BCUT2D eigenvalue weighted by atomic mass is 10.3. The van der Waals surface area contributed by atoms with Crippen molar-refractivity contribution in [1.29, 1.82) is 0 Å². The van der Waals surface area contributed by atoms with E-state index in [0.29, 0.717) is 0 Å². The molecular weight excluding hydrogens is 358 g/mol. The molecule has 2 N–H and O–H groups in total. The van der Waals surface area contributed by atoms with E-state index in [2.05, 4.69) is 9.44 Å². The van der Waals surface area contributed by atoms with E-state index in [9.17, 15) is 26.9 Å². The maximum Gasteiger partial charge on any atom is 0.270 e. The number of anilines is 1. The topological polar surface area (TPSA) is 135 Å². The van der Waals surface area contributed by atoms with Crippen molar-refractivity contribution >= 4 is 31.4 Å². The van der Waals surface area contributed by atoms with Crippen LogP contribution in [0.2, 0.25) is 0 Å². The van der Waals surface area contributed by atoms with Crippen LogP contribution >= 0.6 is 0 Å². The number of nitro groups is 1. The molecule has 0 amide bonds. The molecule has 0 bridgehead atoms. The molecule has 0 spiro atoms. The van der Waals surface area contributed by atoms with Gasteiger partial charge in [-0.2, -0.15) is 0 Å². The van der Waals surface area contributed by atoms with Gasteiger partial charge in [-0.1, -0.05) is 12.1 Å². The SMILES string of the molecule is CNS(=O)(=O)c1cccc(NS(=O)(=O)c2cccc([N+](=O)[O-])c2)c1. The zero-order valence-electron chi connectivity index (χ0n) is 12.3. The standard InChI is InChI=1S/C13H13N3O6S2/c1-14-23(19,20)12-6-2-4-10(8-12)15-24(21,22)13-7-3-5-11(9-13)16(17)18/h2-9,14-15H,1H3. The average Bonchev–Trinajstić information content (AvgIpc) is 2.55. The summed E-state index contributed by atoms with van der Waals surface area (Å²) in [5.74, 6) is 0. The Labute approximate surface area is 138 Å². The van der Waals surface area contributed by atoms with E-state index in [0.717, 1.165) is 12.1 Å². The number of rotatable bonds is 6. The first kappa shape index (κ1) is 17.8. The van der Waals surface area contributed by atoms with Crippen LogP contribution in [0.4, 0.5) is 11.4 Å². The van der Waals surface area contributed by atoms with Gasteiger partial charge < -0.3 is 0 Å². The van der Waals surface area contributed by atoms with E-state index in [-0.39, 0.29) is 21.2 Å². The molecule has 0 aliphatic carbocycles. The maximum atomic E-state index is 12.3. The molecule has 2 rings (SSSR count). The summed E-state index contributed by atoms with van der Waals surface area (Å²) in [5, 5.41) is 10.7. The molecule has 0 heterocycles. The molecule has 0 aliphatic rings. The predicted octanol–water partition coefficient (Wildman–Crippen LogP) is 1.30. The normalized spacial score (nSPS) is 11.9. The summed E-state index contributed by atoms with van der Waals surface area (Å²) in [6, 6.07) is 9.70. The van der Waals surface area contributed by atoms with Crippen molar-refractivity contribution in [3.8, 4) is 0 Å². The van der Waals surface area contributed by atoms with Crippen LogP contribution in [0.15, 0.2) is 58.3 Å². The van der Waals surface area contributed by atoms with E-state index in [1.165, 1.54) is 43.4 Å². The first-order chi connectivity index (χ1) is 11.2. The number of non-ortho nitro benzene ring substituents is 1. The highest BCUT2D eigenvalue weighted by molar-refractivity contribution is 7.92. The van der Waals surface area contributed by atoms with Crippen LogP contribution in [0.1, 0.15) is 0 Å². The van der Waals surface area contributed by atoms with Crippen LogP contribution in [0.25, 0.3) is 0 Å². The summed E-state index contributed by atoms with van der Waals surface area (Å²) in [6.45, 7) is 0. The Bertz CT molecular complexity index is 986. The van der Waals surface area contributed by atoms with Gasteiger partial charge in [0.2, 0.25) is 10.0 Å². The van der Waals surface area contributed by atoms with Gasteiger partial charge in [0.05, 0.1) is 20.4 Å². The van der Waals surface area contributed by atoms with Gasteiger partial charge >= 0.3 is 0 Å². The van der Waals surface area contributed by atoms with Gasteiger partial charge in [0, 0.05) is 12.1 Å². The Morgan fingerprint density at radius 2 is 1.50 bits per heavy atom. The maximum absolute atomic E-state index is 12.3. The summed E-state index contributed by atoms with van der Waals surface area (Å²) in [7, 11) is -6.61. The lowest BCUT2D eigenvalue weighted by Crippen LogP contribution is -2.19. The summed E-state index contributed by atoms with van der Waals surface area (Å²) in [5.41, 5.74) is -0.359. The molecule has 2 aromatic rings. The summed E-state index contributed by atoms with van der Waals surface area (Å²) < 4.78 is 52.4. The number of sulfonamides is 2. The second-order valence-corrected chi connectivity index (χ2v) is 8.16. The molecule has 11 heteroatoms. The van der Waals surface area contributed by atoms with Crippen molar-refractivity contribution in [3.05, 3.63) is 58.6 Å². The van der Waals surface area contributed by atoms with Crippen molar-refractivity contribution in [1.82, 2.24) is 4.72 Å². The Morgan fingerprint density at radius 1 is 0.917 bits per heavy atom. The molecule has 2 aromatic carbocycles. The van der Waals surface area contributed by atoms with E-state index >= 15 is 0 Å². The van der Waals surface area contributed by atoms with Crippen molar-refractivity contribution in [2.75, 3.05) is 11.8 Å².